The maximum Gasteiger partial charge on any atom is 0.227 e. The van der Waals surface area contributed by atoms with Crippen molar-refractivity contribution in [2.75, 3.05) is 29.9 Å². The van der Waals surface area contributed by atoms with Gasteiger partial charge in [-0.3, -0.25) is 0 Å². The van der Waals surface area contributed by atoms with Crippen LogP contribution in [0.15, 0.2) is 41.8 Å². The normalized spacial score (nSPS) is 15.6. The van der Waals surface area contributed by atoms with Crippen molar-refractivity contribution in [3.8, 4) is 0 Å². The number of fused-ring (bicyclic) bond motifs is 1. The van der Waals surface area contributed by atoms with E-state index in [4.69, 9.17) is 9.97 Å². The number of hydrogen-bond donors (Lipinski definition) is 1. The largest absolute Gasteiger partial charge is 0.369 e. The van der Waals surface area contributed by atoms with Gasteiger partial charge in [0.05, 0.1) is 5.52 Å². The number of anilines is 2. The molecule has 3 heterocycles. The van der Waals surface area contributed by atoms with Gasteiger partial charge in [0.2, 0.25) is 5.95 Å². The summed E-state index contributed by atoms with van der Waals surface area (Å²) >= 11 is 1.81. The monoisotopic (exact) mass is 352 g/mol. The van der Waals surface area contributed by atoms with Gasteiger partial charge in [0.15, 0.2) is 0 Å². The van der Waals surface area contributed by atoms with Gasteiger partial charge >= 0.3 is 0 Å². The van der Waals surface area contributed by atoms with Crippen LogP contribution in [-0.4, -0.2) is 29.6 Å². The highest BCUT2D eigenvalue weighted by Gasteiger charge is 2.19. The number of para-hydroxylation sites is 1. The molecule has 0 atom stereocenters. The average Bonchev–Trinajstić information content (AvgIpc) is 3.15. The minimum absolute atomic E-state index is 0.806. The Labute approximate surface area is 152 Å². The van der Waals surface area contributed by atoms with E-state index in [1.807, 2.05) is 6.07 Å². The van der Waals surface area contributed by atoms with Crippen LogP contribution in [0, 0.1) is 5.92 Å². The van der Waals surface area contributed by atoms with Crippen molar-refractivity contribution < 1.29 is 0 Å². The average molecular weight is 353 g/mol. The summed E-state index contributed by atoms with van der Waals surface area (Å²) in [4.78, 5) is 13.4. The first-order valence-corrected chi connectivity index (χ1v) is 9.95. The van der Waals surface area contributed by atoms with Gasteiger partial charge in [-0.25, -0.2) is 4.98 Å². The minimum Gasteiger partial charge on any atom is -0.369 e. The number of thiophene rings is 1. The summed E-state index contributed by atoms with van der Waals surface area (Å²) in [7, 11) is 0. The lowest BCUT2D eigenvalue weighted by molar-refractivity contribution is 0.435. The lowest BCUT2D eigenvalue weighted by atomic mass is 10.00. The van der Waals surface area contributed by atoms with Crippen molar-refractivity contribution in [3.05, 3.63) is 46.7 Å². The Bertz CT molecular complexity index is 823. The van der Waals surface area contributed by atoms with Gasteiger partial charge in [-0.2, -0.15) is 4.98 Å². The van der Waals surface area contributed by atoms with E-state index in [0.717, 1.165) is 54.6 Å². The van der Waals surface area contributed by atoms with Crippen molar-refractivity contribution in [1.29, 1.82) is 0 Å². The van der Waals surface area contributed by atoms with Crippen molar-refractivity contribution >= 4 is 34.0 Å². The van der Waals surface area contributed by atoms with Crippen LogP contribution in [0.1, 0.15) is 24.6 Å². The summed E-state index contributed by atoms with van der Waals surface area (Å²) in [5, 5.41) is 6.77. The van der Waals surface area contributed by atoms with E-state index < -0.39 is 0 Å². The predicted octanol–water partition coefficient (Wildman–Crippen LogP) is 4.58. The van der Waals surface area contributed by atoms with Gasteiger partial charge < -0.3 is 10.2 Å². The molecule has 0 spiro atoms. The first kappa shape index (κ1) is 16.3. The first-order chi connectivity index (χ1) is 12.3. The Hall–Kier alpha value is -2.14. The Balaban J connectivity index is 1.57. The molecule has 4 rings (SSSR count). The number of nitrogens with zero attached hydrogens (tertiary/aromatic N) is 3. The number of hydrogen-bond acceptors (Lipinski definition) is 5. The van der Waals surface area contributed by atoms with Crippen molar-refractivity contribution in [1.82, 2.24) is 9.97 Å². The fraction of sp³-hybridized carbons (Fsp3) is 0.400. The van der Waals surface area contributed by atoms with E-state index in [-0.39, 0.29) is 0 Å². The molecule has 130 valence electrons. The van der Waals surface area contributed by atoms with Crippen molar-refractivity contribution in [3.63, 3.8) is 0 Å². The van der Waals surface area contributed by atoms with E-state index in [2.05, 4.69) is 52.9 Å². The van der Waals surface area contributed by atoms with E-state index in [9.17, 15) is 0 Å². The fourth-order valence-corrected chi connectivity index (χ4v) is 4.02. The summed E-state index contributed by atoms with van der Waals surface area (Å²) in [6.07, 6.45) is 3.46. The van der Waals surface area contributed by atoms with E-state index >= 15 is 0 Å². The highest BCUT2D eigenvalue weighted by Crippen LogP contribution is 2.26. The molecule has 1 aromatic carbocycles. The van der Waals surface area contributed by atoms with E-state index in [1.54, 1.807) is 11.3 Å². The smallest absolute Gasteiger partial charge is 0.227 e. The van der Waals surface area contributed by atoms with Crippen LogP contribution in [0.3, 0.4) is 0 Å². The summed E-state index contributed by atoms with van der Waals surface area (Å²) < 4.78 is 0. The van der Waals surface area contributed by atoms with E-state index in [1.165, 1.54) is 17.7 Å². The molecule has 3 aromatic rings. The quantitative estimate of drug-likeness (QED) is 0.729. The van der Waals surface area contributed by atoms with Crippen LogP contribution in [-0.2, 0) is 6.42 Å². The second-order valence-corrected chi connectivity index (χ2v) is 7.85. The number of aromatic nitrogens is 2. The molecular weight excluding hydrogens is 328 g/mol. The molecule has 0 radical (unpaired) electrons. The molecule has 0 saturated carbocycles. The molecule has 0 aliphatic carbocycles. The molecule has 0 amide bonds. The highest BCUT2D eigenvalue weighted by atomic mass is 32.1. The predicted molar refractivity (Wildman–Crippen MR) is 107 cm³/mol. The van der Waals surface area contributed by atoms with Crippen LogP contribution in [0.2, 0.25) is 0 Å². The standard InChI is InChI=1S/C20H24N4S/c1-15-9-12-24(13-10-15)20-22-18-7-3-2-6-17(18)19(23-20)21-11-8-16-5-4-14-25-16/h2-7,14-15H,8-13H2,1H3,(H,21,22,23). The maximum atomic E-state index is 4.88. The van der Waals surface area contributed by atoms with Crippen LogP contribution in [0.25, 0.3) is 10.9 Å². The van der Waals surface area contributed by atoms with Gasteiger partial charge in [-0.1, -0.05) is 25.1 Å². The number of benzene rings is 1. The first-order valence-electron chi connectivity index (χ1n) is 9.07. The molecule has 1 aliphatic rings. The maximum absolute atomic E-state index is 4.88. The zero-order chi connectivity index (χ0) is 17.1. The van der Waals surface area contributed by atoms with Crippen molar-refractivity contribution in [2.24, 2.45) is 5.92 Å². The van der Waals surface area contributed by atoms with Crippen LogP contribution >= 0.6 is 11.3 Å². The molecular formula is C20H24N4S. The van der Waals surface area contributed by atoms with Gasteiger partial charge in [0.25, 0.3) is 0 Å². The summed E-state index contributed by atoms with van der Waals surface area (Å²) in [5.74, 6) is 2.63. The molecule has 0 bridgehead atoms. The molecule has 2 aromatic heterocycles. The van der Waals surface area contributed by atoms with E-state index in [0.29, 0.717) is 0 Å². The zero-order valence-electron chi connectivity index (χ0n) is 14.6. The summed E-state index contributed by atoms with van der Waals surface area (Å²) in [6.45, 7) is 5.32. The van der Waals surface area contributed by atoms with Crippen LogP contribution in [0.4, 0.5) is 11.8 Å². The molecule has 1 aliphatic heterocycles. The molecule has 1 fully saturated rings. The van der Waals surface area contributed by atoms with Gasteiger partial charge in [-0.05, 0) is 48.8 Å². The van der Waals surface area contributed by atoms with Crippen LogP contribution < -0.4 is 10.2 Å². The van der Waals surface area contributed by atoms with Crippen LogP contribution in [0.5, 0.6) is 0 Å². The number of nitrogens with one attached hydrogen (secondary N) is 1. The number of piperidine rings is 1. The Morgan fingerprint density at radius 3 is 2.76 bits per heavy atom. The lowest BCUT2D eigenvalue weighted by Crippen LogP contribution is -2.34. The number of rotatable bonds is 5. The minimum atomic E-state index is 0.806. The Kier molecular flexibility index (Phi) is 4.83. The molecule has 0 unspecified atom stereocenters. The second kappa shape index (κ2) is 7.40. The fourth-order valence-electron chi connectivity index (χ4n) is 3.31. The topological polar surface area (TPSA) is 41.1 Å². The van der Waals surface area contributed by atoms with Gasteiger partial charge in [0, 0.05) is 29.9 Å². The lowest BCUT2D eigenvalue weighted by Gasteiger charge is -2.30. The van der Waals surface area contributed by atoms with Crippen molar-refractivity contribution in [2.45, 2.75) is 26.2 Å². The van der Waals surface area contributed by atoms with Gasteiger partial charge in [-0.15, -0.1) is 11.3 Å². The zero-order valence-corrected chi connectivity index (χ0v) is 15.4. The molecule has 4 nitrogen and oxygen atoms in total. The molecule has 25 heavy (non-hydrogen) atoms. The third kappa shape index (κ3) is 3.76. The molecule has 5 heteroatoms. The Morgan fingerprint density at radius 1 is 1.12 bits per heavy atom. The Morgan fingerprint density at radius 2 is 1.96 bits per heavy atom. The highest BCUT2D eigenvalue weighted by molar-refractivity contribution is 7.09. The SMILES string of the molecule is CC1CCN(c2nc(NCCc3cccs3)c3ccccc3n2)CC1. The third-order valence-electron chi connectivity index (χ3n) is 4.90. The third-order valence-corrected chi connectivity index (χ3v) is 5.84. The second-order valence-electron chi connectivity index (χ2n) is 6.82. The summed E-state index contributed by atoms with van der Waals surface area (Å²) in [5.41, 5.74) is 1.02. The van der Waals surface area contributed by atoms with Gasteiger partial charge in [0.1, 0.15) is 5.82 Å². The summed E-state index contributed by atoms with van der Waals surface area (Å²) in [6, 6.07) is 12.6. The molecule has 1 saturated heterocycles. The molecule has 1 N–H and O–H groups in total.